The highest BCUT2D eigenvalue weighted by molar-refractivity contribution is 5.48. The standard InChI is InChI=1S/C14H20N2O3/c1-2-15-10-12-5-6-13(16(17)18)14(9-12)19-8-7-11-3-4-11/h5-6,9,11,15H,2-4,7-8,10H2,1H3. The first-order valence-electron chi connectivity index (χ1n) is 6.81. The molecule has 1 aromatic carbocycles. The van der Waals surface area contributed by atoms with Gasteiger partial charge in [-0.15, -0.1) is 0 Å². The number of nitrogens with zero attached hydrogens (tertiary/aromatic N) is 1. The highest BCUT2D eigenvalue weighted by Crippen LogP contribution is 2.33. The second kappa shape index (κ2) is 6.52. The van der Waals surface area contributed by atoms with Gasteiger partial charge in [0.05, 0.1) is 11.5 Å². The molecular formula is C14H20N2O3. The molecule has 2 rings (SSSR count). The molecule has 5 nitrogen and oxygen atoms in total. The van der Waals surface area contributed by atoms with Crippen LogP contribution >= 0.6 is 0 Å². The molecule has 0 bridgehead atoms. The zero-order valence-electron chi connectivity index (χ0n) is 11.2. The topological polar surface area (TPSA) is 64.4 Å². The van der Waals surface area contributed by atoms with Crippen LogP contribution in [0, 0.1) is 16.0 Å². The van der Waals surface area contributed by atoms with Crippen molar-refractivity contribution in [2.24, 2.45) is 5.92 Å². The summed E-state index contributed by atoms with van der Waals surface area (Å²) in [6.45, 7) is 4.16. The summed E-state index contributed by atoms with van der Waals surface area (Å²) in [5.74, 6) is 1.16. The van der Waals surface area contributed by atoms with Gasteiger partial charge in [-0.1, -0.05) is 25.8 Å². The maximum absolute atomic E-state index is 11.0. The normalized spacial score (nSPS) is 14.4. The van der Waals surface area contributed by atoms with E-state index in [2.05, 4.69) is 5.32 Å². The zero-order chi connectivity index (χ0) is 13.7. The van der Waals surface area contributed by atoms with Gasteiger partial charge in [-0.2, -0.15) is 0 Å². The van der Waals surface area contributed by atoms with E-state index >= 15 is 0 Å². The fourth-order valence-corrected chi connectivity index (χ4v) is 1.95. The van der Waals surface area contributed by atoms with E-state index in [1.165, 1.54) is 18.9 Å². The Morgan fingerprint density at radius 2 is 2.26 bits per heavy atom. The number of rotatable bonds is 8. The number of nitrogens with one attached hydrogen (secondary N) is 1. The minimum atomic E-state index is -0.385. The van der Waals surface area contributed by atoms with Crippen molar-refractivity contribution < 1.29 is 9.66 Å². The summed E-state index contributed by atoms with van der Waals surface area (Å²) in [4.78, 5) is 10.6. The minimum absolute atomic E-state index is 0.0519. The number of nitro benzene ring substituents is 1. The predicted octanol–water partition coefficient (Wildman–Crippen LogP) is 2.88. The Morgan fingerprint density at radius 1 is 1.47 bits per heavy atom. The van der Waals surface area contributed by atoms with Crippen molar-refractivity contribution in [2.45, 2.75) is 32.7 Å². The Balaban J connectivity index is 2.02. The molecule has 0 heterocycles. The molecule has 0 aromatic heterocycles. The number of ether oxygens (including phenoxy) is 1. The molecule has 1 N–H and O–H groups in total. The van der Waals surface area contributed by atoms with Gasteiger partial charge in [0.15, 0.2) is 5.75 Å². The lowest BCUT2D eigenvalue weighted by Gasteiger charge is -2.09. The van der Waals surface area contributed by atoms with Gasteiger partial charge >= 0.3 is 5.69 Å². The van der Waals surface area contributed by atoms with Gasteiger partial charge in [0.1, 0.15) is 0 Å². The lowest BCUT2D eigenvalue weighted by molar-refractivity contribution is -0.385. The van der Waals surface area contributed by atoms with Gasteiger partial charge in [-0.25, -0.2) is 0 Å². The molecule has 1 aliphatic carbocycles. The van der Waals surface area contributed by atoms with E-state index in [0.29, 0.717) is 18.9 Å². The summed E-state index contributed by atoms with van der Waals surface area (Å²) in [7, 11) is 0. The van der Waals surface area contributed by atoms with Crippen molar-refractivity contribution in [1.82, 2.24) is 5.32 Å². The van der Waals surface area contributed by atoms with Crippen molar-refractivity contribution in [1.29, 1.82) is 0 Å². The Bertz CT molecular complexity index is 444. The SMILES string of the molecule is CCNCc1ccc([N+](=O)[O-])c(OCCC2CC2)c1. The summed E-state index contributed by atoms with van der Waals surface area (Å²) in [6.07, 6.45) is 3.53. The number of nitro groups is 1. The van der Waals surface area contributed by atoms with Gasteiger partial charge < -0.3 is 10.1 Å². The van der Waals surface area contributed by atoms with Crippen LogP contribution in [0.15, 0.2) is 18.2 Å². The van der Waals surface area contributed by atoms with Gasteiger partial charge in [0.25, 0.3) is 0 Å². The van der Waals surface area contributed by atoms with Crippen LogP contribution in [0.25, 0.3) is 0 Å². The monoisotopic (exact) mass is 264 g/mol. The summed E-state index contributed by atoms with van der Waals surface area (Å²) < 4.78 is 5.60. The van der Waals surface area contributed by atoms with E-state index in [0.717, 1.165) is 24.4 Å². The number of hydrogen-bond acceptors (Lipinski definition) is 4. The average Bonchev–Trinajstić information content (AvgIpc) is 3.20. The van der Waals surface area contributed by atoms with E-state index in [-0.39, 0.29) is 10.6 Å². The Kier molecular flexibility index (Phi) is 4.74. The van der Waals surface area contributed by atoms with Crippen LogP contribution in [0.2, 0.25) is 0 Å². The molecular weight excluding hydrogens is 244 g/mol. The molecule has 1 aliphatic rings. The molecule has 5 heteroatoms. The molecule has 1 fully saturated rings. The van der Waals surface area contributed by atoms with Crippen molar-refractivity contribution in [3.05, 3.63) is 33.9 Å². The summed E-state index contributed by atoms with van der Waals surface area (Å²) in [6, 6.07) is 5.07. The summed E-state index contributed by atoms with van der Waals surface area (Å²) in [5.41, 5.74) is 1.06. The highest BCUT2D eigenvalue weighted by atomic mass is 16.6. The maximum Gasteiger partial charge on any atom is 0.310 e. The van der Waals surface area contributed by atoms with Crippen LogP contribution in [-0.2, 0) is 6.54 Å². The smallest absolute Gasteiger partial charge is 0.310 e. The van der Waals surface area contributed by atoms with Crippen LogP contribution < -0.4 is 10.1 Å². The molecule has 104 valence electrons. The van der Waals surface area contributed by atoms with Crippen molar-refractivity contribution in [3.8, 4) is 5.75 Å². The molecule has 19 heavy (non-hydrogen) atoms. The molecule has 1 aromatic rings. The lowest BCUT2D eigenvalue weighted by Crippen LogP contribution is -2.12. The third-order valence-electron chi connectivity index (χ3n) is 3.28. The predicted molar refractivity (Wildman–Crippen MR) is 73.3 cm³/mol. The molecule has 0 amide bonds. The van der Waals surface area contributed by atoms with Crippen molar-refractivity contribution in [2.75, 3.05) is 13.2 Å². The van der Waals surface area contributed by atoms with Crippen molar-refractivity contribution >= 4 is 5.69 Å². The third-order valence-corrected chi connectivity index (χ3v) is 3.28. The van der Waals surface area contributed by atoms with E-state index in [9.17, 15) is 10.1 Å². The van der Waals surface area contributed by atoms with Crippen LogP contribution in [-0.4, -0.2) is 18.1 Å². The Morgan fingerprint density at radius 3 is 2.89 bits per heavy atom. The van der Waals surface area contributed by atoms with Crippen molar-refractivity contribution in [3.63, 3.8) is 0 Å². The van der Waals surface area contributed by atoms with E-state index in [1.54, 1.807) is 12.1 Å². The Labute approximate surface area is 113 Å². The molecule has 1 saturated carbocycles. The van der Waals surface area contributed by atoms with E-state index < -0.39 is 0 Å². The fraction of sp³-hybridized carbons (Fsp3) is 0.571. The second-order valence-electron chi connectivity index (χ2n) is 4.92. The number of benzene rings is 1. The molecule has 0 atom stereocenters. The lowest BCUT2D eigenvalue weighted by atomic mass is 10.2. The van der Waals surface area contributed by atoms with E-state index in [4.69, 9.17) is 4.74 Å². The first-order chi connectivity index (χ1) is 9.20. The second-order valence-corrected chi connectivity index (χ2v) is 4.92. The molecule has 0 aliphatic heterocycles. The fourth-order valence-electron chi connectivity index (χ4n) is 1.95. The molecule has 0 unspecified atom stereocenters. The van der Waals surface area contributed by atoms with Gasteiger partial charge in [0.2, 0.25) is 0 Å². The summed E-state index contributed by atoms with van der Waals surface area (Å²) in [5, 5.41) is 14.2. The number of hydrogen-bond donors (Lipinski definition) is 1. The Hall–Kier alpha value is -1.62. The van der Waals surface area contributed by atoms with E-state index in [1.807, 2.05) is 6.92 Å². The summed E-state index contributed by atoms with van der Waals surface area (Å²) >= 11 is 0. The maximum atomic E-state index is 11.0. The molecule has 0 saturated heterocycles. The quantitative estimate of drug-likeness (QED) is 0.579. The van der Waals surface area contributed by atoms with Gasteiger partial charge in [0, 0.05) is 12.6 Å². The van der Waals surface area contributed by atoms with Crippen LogP contribution in [0.1, 0.15) is 31.7 Å². The largest absolute Gasteiger partial charge is 0.487 e. The minimum Gasteiger partial charge on any atom is -0.487 e. The molecule has 0 radical (unpaired) electrons. The zero-order valence-corrected chi connectivity index (χ0v) is 11.2. The highest BCUT2D eigenvalue weighted by Gasteiger charge is 2.22. The van der Waals surface area contributed by atoms with Gasteiger partial charge in [-0.3, -0.25) is 10.1 Å². The average molecular weight is 264 g/mol. The molecule has 0 spiro atoms. The van der Waals surface area contributed by atoms with Crippen LogP contribution in [0.5, 0.6) is 5.75 Å². The van der Waals surface area contributed by atoms with Crippen LogP contribution in [0.4, 0.5) is 5.69 Å². The first-order valence-corrected chi connectivity index (χ1v) is 6.81. The third kappa shape index (κ3) is 4.21. The van der Waals surface area contributed by atoms with Crippen LogP contribution in [0.3, 0.4) is 0 Å². The first kappa shape index (κ1) is 13.8. The van der Waals surface area contributed by atoms with Gasteiger partial charge in [-0.05, 0) is 30.5 Å².